The first-order valence-electron chi connectivity index (χ1n) is 10.7. The zero-order valence-electron chi connectivity index (χ0n) is 17.2. The summed E-state index contributed by atoms with van der Waals surface area (Å²) in [5, 5.41) is 10.3. The number of carbonyl (C=O) groups is 1. The lowest BCUT2D eigenvalue weighted by atomic mass is 9.96. The van der Waals surface area contributed by atoms with Crippen LogP contribution >= 0.6 is 0 Å². The lowest BCUT2D eigenvalue weighted by Gasteiger charge is -2.16. The van der Waals surface area contributed by atoms with E-state index in [0.717, 1.165) is 47.1 Å². The minimum Gasteiger partial charge on any atom is -0.481 e. The van der Waals surface area contributed by atoms with E-state index in [4.69, 9.17) is 0 Å². The maximum Gasteiger partial charge on any atom is 0.303 e. The molecule has 0 saturated carbocycles. The van der Waals surface area contributed by atoms with Gasteiger partial charge in [0, 0.05) is 47.6 Å². The van der Waals surface area contributed by atoms with E-state index in [1.165, 1.54) is 11.6 Å². The molecule has 0 amide bonds. The van der Waals surface area contributed by atoms with Gasteiger partial charge in [-0.15, -0.1) is 0 Å². The standard InChI is InChI=1S/C25H24FN3O2/c26-19-7-8-23-22(14-19)21-6-2-3-17(13-25(30)31)12-24(21)29(23)15-18-4-1-5-20(11-18)28-10-9-27-16-28/h1,4-5,7-11,14,16-17H,2-3,6,12-13,15H2,(H,30,31). The number of aromatic nitrogens is 3. The van der Waals surface area contributed by atoms with Crippen LogP contribution in [-0.4, -0.2) is 25.2 Å². The van der Waals surface area contributed by atoms with Crippen molar-refractivity contribution in [3.05, 3.63) is 83.8 Å². The van der Waals surface area contributed by atoms with Crippen LogP contribution in [0, 0.1) is 11.7 Å². The van der Waals surface area contributed by atoms with E-state index in [9.17, 15) is 14.3 Å². The first kappa shape index (κ1) is 19.5. The number of rotatable bonds is 5. The van der Waals surface area contributed by atoms with Gasteiger partial charge < -0.3 is 14.2 Å². The number of carboxylic acid groups (broad SMARTS) is 1. The molecule has 2 aromatic heterocycles. The van der Waals surface area contributed by atoms with Gasteiger partial charge in [0.05, 0.1) is 6.33 Å². The molecule has 2 heterocycles. The molecule has 158 valence electrons. The number of aliphatic carboxylic acids is 1. The average Bonchev–Trinajstić information content (AvgIpc) is 3.31. The van der Waals surface area contributed by atoms with Gasteiger partial charge >= 0.3 is 5.97 Å². The number of carboxylic acids is 1. The minimum absolute atomic E-state index is 0.101. The van der Waals surface area contributed by atoms with Crippen molar-refractivity contribution in [2.75, 3.05) is 0 Å². The zero-order chi connectivity index (χ0) is 21.4. The summed E-state index contributed by atoms with van der Waals surface area (Å²) in [6.45, 7) is 0.653. The molecule has 1 unspecified atom stereocenters. The molecular weight excluding hydrogens is 393 g/mol. The molecule has 1 atom stereocenters. The summed E-state index contributed by atoms with van der Waals surface area (Å²) in [6, 6.07) is 13.3. The molecule has 0 aliphatic heterocycles. The van der Waals surface area contributed by atoms with E-state index in [2.05, 4.69) is 21.7 Å². The van der Waals surface area contributed by atoms with Crippen molar-refractivity contribution in [3.63, 3.8) is 0 Å². The maximum absolute atomic E-state index is 14.1. The summed E-state index contributed by atoms with van der Waals surface area (Å²) >= 11 is 0. The SMILES string of the molecule is O=C(O)CC1CCCc2c(n(Cc3cccc(-n4ccnc4)c3)c3ccc(F)cc23)C1. The zero-order valence-corrected chi connectivity index (χ0v) is 17.2. The van der Waals surface area contributed by atoms with E-state index in [1.54, 1.807) is 18.6 Å². The molecule has 6 heteroatoms. The van der Waals surface area contributed by atoms with Crippen LogP contribution in [0.2, 0.25) is 0 Å². The van der Waals surface area contributed by atoms with Gasteiger partial charge in [-0.3, -0.25) is 4.79 Å². The van der Waals surface area contributed by atoms with Gasteiger partial charge in [0.25, 0.3) is 0 Å². The highest BCUT2D eigenvalue weighted by Gasteiger charge is 2.25. The lowest BCUT2D eigenvalue weighted by molar-refractivity contribution is -0.138. The molecule has 0 radical (unpaired) electrons. The quantitative estimate of drug-likeness (QED) is 0.466. The smallest absolute Gasteiger partial charge is 0.303 e. The predicted octanol–water partition coefficient (Wildman–Crippen LogP) is 4.98. The van der Waals surface area contributed by atoms with Gasteiger partial charge in [-0.2, -0.15) is 0 Å². The Balaban J connectivity index is 1.59. The fraction of sp³-hybridized carbons (Fsp3) is 0.280. The van der Waals surface area contributed by atoms with Crippen LogP contribution in [0.3, 0.4) is 0 Å². The van der Waals surface area contributed by atoms with Gasteiger partial charge in [0.15, 0.2) is 0 Å². The molecule has 1 aliphatic carbocycles. The molecule has 4 aromatic rings. The Kier molecular flexibility index (Phi) is 5.06. The second kappa shape index (κ2) is 8.02. The van der Waals surface area contributed by atoms with E-state index in [1.807, 2.05) is 29.0 Å². The predicted molar refractivity (Wildman–Crippen MR) is 117 cm³/mol. The topological polar surface area (TPSA) is 60.0 Å². The van der Waals surface area contributed by atoms with Crippen LogP contribution in [0.1, 0.15) is 36.1 Å². The number of nitrogens with zero attached hydrogens (tertiary/aromatic N) is 3. The van der Waals surface area contributed by atoms with Crippen molar-refractivity contribution in [2.24, 2.45) is 5.92 Å². The second-order valence-corrected chi connectivity index (χ2v) is 8.37. The van der Waals surface area contributed by atoms with E-state index >= 15 is 0 Å². The highest BCUT2D eigenvalue weighted by Crippen LogP contribution is 2.35. The summed E-state index contributed by atoms with van der Waals surface area (Å²) in [5.41, 5.74) is 5.50. The van der Waals surface area contributed by atoms with Gasteiger partial charge in [0.2, 0.25) is 0 Å². The van der Waals surface area contributed by atoms with Crippen LogP contribution in [0.4, 0.5) is 4.39 Å². The third-order valence-corrected chi connectivity index (χ3v) is 6.29. The third-order valence-electron chi connectivity index (χ3n) is 6.29. The Bertz CT molecular complexity index is 1240. The number of aryl methyl sites for hydroxylation is 1. The molecule has 5 rings (SSSR count). The van der Waals surface area contributed by atoms with Crippen LogP contribution in [-0.2, 0) is 24.2 Å². The number of halogens is 1. The van der Waals surface area contributed by atoms with Crippen molar-refractivity contribution in [1.29, 1.82) is 0 Å². The summed E-state index contributed by atoms with van der Waals surface area (Å²) in [6.07, 6.45) is 8.98. The van der Waals surface area contributed by atoms with Gasteiger partial charge in [-0.25, -0.2) is 9.37 Å². The van der Waals surface area contributed by atoms with Crippen molar-refractivity contribution in [3.8, 4) is 5.69 Å². The maximum atomic E-state index is 14.1. The molecule has 1 N–H and O–H groups in total. The van der Waals surface area contributed by atoms with Crippen LogP contribution in [0.15, 0.2) is 61.2 Å². The molecular formula is C25H24FN3O2. The van der Waals surface area contributed by atoms with E-state index < -0.39 is 5.97 Å². The van der Waals surface area contributed by atoms with Crippen molar-refractivity contribution in [1.82, 2.24) is 14.1 Å². The molecule has 0 spiro atoms. The van der Waals surface area contributed by atoms with E-state index in [-0.39, 0.29) is 18.2 Å². The molecule has 0 saturated heterocycles. The fourth-order valence-electron chi connectivity index (χ4n) is 4.92. The Morgan fingerprint density at radius 1 is 1.23 bits per heavy atom. The van der Waals surface area contributed by atoms with Gasteiger partial charge in [-0.1, -0.05) is 12.1 Å². The number of hydrogen-bond donors (Lipinski definition) is 1. The normalized spacial score (nSPS) is 16.2. The monoisotopic (exact) mass is 417 g/mol. The largest absolute Gasteiger partial charge is 0.481 e. The molecule has 0 bridgehead atoms. The molecule has 5 nitrogen and oxygen atoms in total. The van der Waals surface area contributed by atoms with Crippen LogP contribution < -0.4 is 0 Å². The Labute approximate surface area is 179 Å². The number of benzene rings is 2. The van der Waals surface area contributed by atoms with Crippen LogP contribution in [0.25, 0.3) is 16.6 Å². The van der Waals surface area contributed by atoms with Crippen molar-refractivity contribution < 1.29 is 14.3 Å². The molecule has 1 aliphatic rings. The minimum atomic E-state index is -0.754. The summed E-state index contributed by atoms with van der Waals surface area (Å²) in [7, 11) is 0. The van der Waals surface area contributed by atoms with Gasteiger partial charge in [-0.05, 0) is 73.1 Å². The Hall–Kier alpha value is -3.41. The van der Waals surface area contributed by atoms with Crippen molar-refractivity contribution in [2.45, 2.75) is 38.6 Å². The highest BCUT2D eigenvalue weighted by atomic mass is 19.1. The highest BCUT2D eigenvalue weighted by molar-refractivity contribution is 5.86. The fourth-order valence-corrected chi connectivity index (χ4v) is 4.92. The average molecular weight is 417 g/mol. The summed E-state index contributed by atoms with van der Waals surface area (Å²) in [4.78, 5) is 15.5. The second-order valence-electron chi connectivity index (χ2n) is 8.37. The molecule has 31 heavy (non-hydrogen) atoms. The first-order valence-corrected chi connectivity index (χ1v) is 10.7. The third kappa shape index (κ3) is 3.85. The summed E-state index contributed by atoms with van der Waals surface area (Å²) < 4.78 is 18.3. The number of hydrogen-bond acceptors (Lipinski definition) is 2. The Morgan fingerprint density at radius 3 is 2.94 bits per heavy atom. The van der Waals surface area contributed by atoms with Gasteiger partial charge in [0.1, 0.15) is 5.82 Å². The number of imidazole rings is 1. The lowest BCUT2D eigenvalue weighted by Crippen LogP contribution is -2.13. The van der Waals surface area contributed by atoms with Crippen molar-refractivity contribution >= 4 is 16.9 Å². The molecule has 2 aromatic carbocycles. The first-order chi connectivity index (χ1) is 15.1. The Morgan fingerprint density at radius 2 is 2.13 bits per heavy atom. The molecule has 0 fully saturated rings. The number of fused-ring (bicyclic) bond motifs is 3. The van der Waals surface area contributed by atoms with Crippen LogP contribution in [0.5, 0.6) is 0 Å². The summed E-state index contributed by atoms with van der Waals surface area (Å²) in [5.74, 6) is -0.889. The van der Waals surface area contributed by atoms with E-state index in [0.29, 0.717) is 13.0 Å².